The van der Waals surface area contributed by atoms with E-state index >= 15 is 0 Å². The van der Waals surface area contributed by atoms with Crippen molar-refractivity contribution in [2.24, 2.45) is 24.1 Å². The molecule has 2 amide bonds. The van der Waals surface area contributed by atoms with E-state index in [-0.39, 0.29) is 24.8 Å². The van der Waals surface area contributed by atoms with Gasteiger partial charge >= 0.3 is 0 Å². The fourth-order valence-electron chi connectivity index (χ4n) is 4.24. The third-order valence-electron chi connectivity index (χ3n) is 5.62. The Kier molecular flexibility index (Phi) is 6.97. The van der Waals surface area contributed by atoms with Gasteiger partial charge in [-0.05, 0) is 55.5 Å². The standard InChI is InChI=1S/C23H31FN4O3/c1-16(2)11-18-12-20(27(3)26-18)22(30)28-10-4-9-23(14-28,13-21(25)29)15-31-19-7-5-17(24)6-8-19/h5-8,12,16H,4,9-11,13-15H2,1-3H3,(H2,25,29)/t23-/m0/s1. The van der Waals surface area contributed by atoms with Crippen molar-refractivity contribution < 1.29 is 18.7 Å². The van der Waals surface area contributed by atoms with Crippen LogP contribution in [0.2, 0.25) is 0 Å². The summed E-state index contributed by atoms with van der Waals surface area (Å²) in [5, 5.41) is 4.47. The highest BCUT2D eigenvalue weighted by Gasteiger charge is 2.40. The first-order valence-corrected chi connectivity index (χ1v) is 10.7. The summed E-state index contributed by atoms with van der Waals surface area (Å²) in [6, 6.07) is 7.59. The first kappa shape index (κ1) is 22.8. The minimum atomic E-state index is -0.590. The Morgan fingerprint density at radius 2 is 2.00 bits per heavy atom. The van der Waals surface area contributed by atoms with Gasteiger partial charge in [-0.2, -0.15) is 5.10 Å². The second-order valence-electron chi connectivity index (χ2n) is 8.96. The highest BCUT2D eigenvalue weighted by atomic mass is 19.1. The molecule has 3 rings (SSSR count). The van der Waals surface area contributed by atoms with Crippen molar-refractivity contribution in [2.45, 2.75) is 39.5 Å². The van der Waals surface area contributed by atoms with E-state index in [1.54, 1.807) is 28.8 Å². The molecule has 1 aromatic carbocycles. The van der Waals surface area contributed by atoms with Crippen LogP contribution >= 0.6 is 0 Å². The molecule has 0 spiro atoms. The quantitative estimate of drug-likeness (QED) is 0.697. The van der Waals surface area contributed by atoms with E-state index in [0.717, 1.165) is 18.5 Å². The van der Waals surface area contributed by atoms with Crippen LogP contribution in [0.3, 0.4) is 0 Å². The lowest BCUT2D eigenvalue weighted by molar-refractivity contribution is -0.122. The van der Waals surface area contributed by atoms with Gasteiger partial charge in [0, 0.05) is 32.0 Å². The summed E-state index contributed by atoms with van der Waals surface area (Å²) >= 11 is 0. The largest absolute Gasteiger partial charge is 0.493 e. The molecule has 168 valence electrons. The molecule has 1 aromatic heterocycles. The maximum absolute atomic E-state index is 13.3. The van der Waals surface area contributed by atoms with Crippen molar-refractivity contribution in [1.29, 1.82) is 0 Å². The lowest BCUT2D eigenvalue weighted by atomic mass is 9.77. The van der Waals surface area contributed by atoms with E-state index in [0.29, 0.717) is 36.9 Å². The zero-order chi connectivity index (χ0) is 22.6. The normalized spacial score (nSPS) is 18.9. The number of halogens is 1. The minimum Gasteiger partial charge on any atom is -0.493 e. The summed E-state index contributed by atoms with van der Waals surface area (Å²) in [7, 11) is 1.77. The van der Waals surface area contributed by atoms with Gasteiger partial charge in [-0.1, -0.05) is 13.8 Å². The molecule has 1 saturated heterocycles. The van der Waals surface area contributed by atoms with Crippen molar-refractivity contribution in [3.8, 4) is 5.75 Å². The van der Waals surface area contributed by atoms with Gasteiger partial charge < -0.3 is 15.4 Å². The van der Waals surface area contributed by atoms with Gasteiger partial charge in [0.15, 0.2) is 0 Å². The predicted molar refractivity (Wildman–Crippen MR) is 115 cm³/mol. The average molecular weight is 431 g/mol. The molecular formula is C23H31FN4O3. The predicted octanol–water partition coefficient (Wildman–Crippen LogP) is 2.93. The number of amides is 2. The second-order valence-corrected chi connectivity index (χ2v) is 8.96. The zero-order valence-electron chi connectivity index (χ0n) is 18.4. The van der Waals surface area contributed by atoms with Gasteiger partial charge in [0.2, 0.25) is 5.91 Å². The number of benzene rings is 1. The van der Waals surface area contributed by atoms with Gasteiger partial charge in [0.25, 0.3) is 5.91 Å². The Balaban J connectivity index is 1.76. The Hall–Kier alpha value is -2.90. The summed E-state index contributed by atoms with van der Waals surface area (Å²) in [5.41, 5.74) is 6.37. The molecule has 7 nitrogen and oxygen atoms in total. The Labute approximate surface area is 182 Å². The van der Waals surface area contributed by atoms with Crippen molar-refractivity contribution >= 4 is 11.8 Å². The van der Waals surface area contributed by atoms with E-state index in [4.69, 9.17) is 10.5 Å². The molecule has 31 heavy (non-hydrogen) atoms. The van der Waals surface area contributed by atoms with Crippen LogP contribution in [0.5, 0.6) is 5.75 Å². The second kappa shape index (κ2) is 9.49. The summed E-state index contributed by atoms with van der Waals surface area (Å²) < 4.78 is 20.7. The molecule has 1 aliphatic rings. The SMILES string of the molecule is CC(C)Cc1cc(C(=O)N2CCC[C@](COc3ccc(F)cc3)(CC(N)=O)C2)n(C)n1. The van der Waals surface area contributed by atoms with Crippen LogP contribution in [0.4, 0.5) is 4.39 Å². The van der Waals surface area contributed by atoms with Gasteiger partial charge in [-0.3, -0.25) is 14.3 Å². The number of nitrogens with zero attached hydrogens (tertiary/aromatic N) is 3. The van der Waals surface area contributed by atoms with Crippen LogP contribution in [-0.4, -0.2) is 46.2 Å². The molecule has 1 atom stereocenters. The number of carbonyl (C=O) groups excluding carboxylic acids is 2. The molecule has 0 aliphatic carbocycles. The van der Waals surface area contributed by atoms with Gasteiger partial charge in [0.1, 0.15) is 17.3 Å². The summed E-state index contributed by atoms with van der Waals surface area (Å²) in [5.74, 6) is 0.0667. The number of ether oxygens (including phenoxy) is 1. The fraction of sp³-hybridized carbons (Fsp3) is 0.522. The number of rotatable bonds is 8. The topological polar surface area (TPSA) is 90.5 Å². The van der Waals surface area contributed by atoms with Crippen LogP contribution in [0.25, 0.3) is 0 Å². The van der Waals surface area contributed by atoms with Crippen LogP contribution in [0.1, 0.15) is 49.3 Å². The first-order chi connectivity index (χ1) is 14.7. The molecule has 2 heterocycles. The number of nitrogens with two attached hydrogens (primary N) is 1. The minimum absolute atomic E-state index is 0.111. The number of likely N-dealkylation sites (tertiary alicyclic amines) is 1. The monoisotopic (exact) mass is 430 g/mol. The van der Waals surface area contributed by atoms with Crippen molar-refractivity contribution in [3.63, 3.8) is 0 Å². The summed E-state index contributed by atoms with van der Waals surface area (Å²) in [6.45, 7) is 5.40. The van der Waals surface area contributed by atoms with Crippen LogP contribution < -0.4 is 10.5 Å². The summed E-state index contributed by atoms with van der Waals surface area (Å²) in [6.07, 6.45) is 2.37. The number of primary amides is 1. The van der Waals surface area contributed by atoms with E-state index in [2.05, 4.69) is 18.9 Å². The van der Waals surface area contributed by atoms with Crippen LogP contribution in [0.15, 0.2) is 30.3 Å². The van der Waals surface area contributed by atoms with Gasteiger partial charge in [-0.25, -0.2) is 4.39 Å². The summed E-state index contributed by atoms with van der Waals surface area (Å²) in [4.78, 5) is 26.9. The number of aromatic nitrogens is 2. The molecule has 8 heteroatoms. The highest BCUT2D eigenvalue weighted by Crippen LogP contribution is 2.35. The smallest absolute Gasteiger partial charge is 0.272 e. The number of hydrogen-bond donors (Lipinski definition) is 1. The molecule has 0 bridgehead atoms. The van der Waals surface area contributed by atoms with Crippen molar-refractivity contribution in [1.82, 2.24) is 14.7 Å². The van der Waals surface area contributed by atoms with Crippen molar-refractivity contribution in [2.75, 3.05) is 19.7 Å². The number of piperidine rings is 1. The molecule has 2 aromatic rings. The van der Waals surface area contributed by atoms with E-state index in [1.165, 1.54) is 12.1 Å². The maximum atomic E-state index is 13.3. The molecule has 2 N–H and O–H groups in total. The van der Waals surface area contributed by atoms with E-state index in [9.17, 15) is 14.0 Å². The molecule has 0 unspecified atom stereocenters. The van der Waals surface area contributed by atoms with E-state index in [1.807, 2.05) is 6.07 Å². The number of hydrogen-bond acceptors (Lipinski definition) is 4. The number of aryl methyl sites for hydroxylation is 1. The molecule has 1 fully saturated rings. The molecule has 0 radical (unpaired) electrons. The Morgan fingerprint density at radius 1 is 1.29 bits per heavy atom. The van der Waals surface area contributed by atoms with Gasteiger partial charge in [-0.15, -0.1) is 0 Å². The molecular weight excluding hydrogens is 399 g/mol. The van der Waals surface area contributed by atoms with Crippen LogP contribution in [0, 0.1) is 17.2 Å². The lowest BCUT2D eigenvalue weighted by Crippen LogP contribution is -2.50. The molecule has 0 saturated carbocycles. The van der Waals surface area contributed by atoms with E-state index < -0.39 is 11.3 Å². The first-order valence-electron chi connectivity index (χ1n) is 10.7. The lowest BCUT2D eigenvalue weighted by Gasteiger charge is -2.42. The van der Waals surface area contributed by atoms with Gasteiger partial charge in [0.05, 0.1) is 12.3 Å². The average Bonchev–Trinajstić information content (AvgIpc) is 3.06. The fourth-order valence-corrected chi connectivity index (χ4v) is 4.24. The Morgan fingerprint density at radius 3 is 2.65 bits per heavy atom. The maximum Gasteiger partial charge on any atom is 0.272 e. The van der Waals surface area contributed by atoms with Crippen molar-refractivity contribution in [3.05, 3.63) is 47.5 Å². The van der Waals surface area contributed by atoms with Crippen LogP contribution in [-0.2, 0) is 18.3 Å². The highest BCUT2D eigenvalue weighted by molar-refractivity contribution is 5.93. The Bertz CT molecular complexity index is 925. The number of carbonyl (C=O) groups is 2. The third kappa shape index (κ3) is 5.83. The molecule has 1 aliphatic heterocycles. The third-order valence-corrected chi connectivity index (χ3v) is 5.62. The zero-order valence-corrected chi connectivity index (χ0v) is 18.4.